The summed E-state index contributed by atoms with van der Waals surface area (Å²) in [4.78, 5) is 4.91. The highest BCUT2D eigenvalue weighted by Crippen LogP contribution is 2.22. The maximum Gasteiger partial charge on any atom is 0.175 e. The van der Waals surface area contributed by atoms with Crippen molar-refractivity contribution >= 4 is 15.5 Å². The molecule has 3 aromatic rings. The number of nitrogens with zero attached hydrogens (tertiary/aromatic N) is 2. The lowest BCUT2D eigenvalue weighted by Gasteiger charge is -1.99. The van der Waals surface area contributed by atoms with Crippen LogP contribution in [-0.4, -0.2) is 24.1 Å². The second-order valence-corrected chi connectivity index (χ2v) is 6.86. The molecule has 1 aromatic carbocycles. The molecule has 0 bridgehead atoms. The van der Waals surface area contributed by atoms with Crippen LogP contribution >= 0.6 is 0 Å². The Balaban J connectivity index is 2.09. The number of pyridine rings is 1. The second-order valence-electron chi connectivity index (χ2n) is 4.84. The predicted octanol–water partition coefficient (Wildman–Crippen LogP) is 2.71. The molecule has 0 aliphatic carbocycles. The van der Waals surface area contributed by atoms with Crippen LogP contribution in [0.3, 0.4) is 0 Å². The summed E-state index contributed by atoms with van der Waals surface area (Å²) >= 11 is 0. The van der Waals surface area contributed by atoms with Crippen molar-refractivity contribution in [3.63, 3.8) is 0 Å². The summed E-state index contributed by atoms with van der Waals surface area (Å²) in [5, 5.41) is 0. The molecule has 0 unspecified atom stereocenters. The maximum absolute atomic E-state index is 11.4. The Morgan fingerprint density at radius 1 is 1.10 bits per heavy atom. The van der Waals surface area contributed by atoms with Gasteiger partial charge in [-0.25, -0.2) is 13.4 Å². The van der Waals surface area contributed by atoms with Gasteiger partial charge < -0.3 is 4.40 Å². The van der Waals surface area contributed by atoms with Gasteiger partial charge >= 0.3 is 0 Å². The second kappa shape index (κ2) is 4.45. The molecule has 0 aliphatic heterocycles. The van der Waals surface area contributed by atoms with Crippen LogP contribution in [0.4, 0.5) is 0 Å². The molecule has 5 heteroatoms. The molecule has 0 saturated heterocycles. The van der Waals surface area contributed by atoms with Gasteiger partial charge in [-0.1, -0.05) is 18.2 Å². The molecule has 0 spiro atoms. The van der Waals surface area contributed by atoms with Crippen LogP contribution < -0.4 is 0 Å². The third kappa shape index (κ3) is 2.20. The minimum Gasteiger partial charge on any atom is -0.306 e. The van der Waals surface area contributed by atoms with Gasteiger partial charge in [0.25, 0.3) is 0 Å². The standard InChI is InChI=1S/C15H14N2O2S/c1-11-4-3-9-17-10-14(16-15(11)17)12-5-7-13(8-6-12)20(2,18)19/h3-10H,1-2H3. The fourth-order valence-electron chi connectivity index (χ4n) is 2.17. The Morgan fingerprint density at radius 3 is 2.40 bits per heavy atom. The third-order valence-corrected chi connectivity index (χ3v) is 4.38. The Bertz CT molecular complexity index is 878. The molecule has 0 saturated carbocycles. The number of rotatable bonds is 2. The summed E-state index contributed by atoms with van der Waals surface area (Å²) in [5.74, 6) is 0. The number of aromatic nitrogens is 2. The molecular formula is C15H14N2O2S. The zero-order chi connectivity index (χ0) is 14.3. The lowest BCUT2D eigenvalue weighted by Crippen LogP contribution is -1.96. The van der Waals surface area contributed by atoms with E-state index in [0.29, 0.717) is 4.90 Å². The molecule has 102 valence electrons. The molecule has 0 amide bonds. The first-order valence-corrected chi connectivity index (χ1v) is 8.09. The van der Waals surface area contributed by atoms with Gasteiger partial charge in [0, 0.05) is 24.2 Å². The first-order valence-electron chi connectivity index (χ1n) is 6.20. The van der Waals surface area contributed by atoms with Gasteiger partial charge in [-0.3, -0.25) is 0 Å². The summed E-state index contributed by atoms with van der Waals surface area (Å²) in [5.41, 5.74) is 3.75. The van der Waals surface area contributed by atoms with E-state index in [4.69, 9.17) is 0 Å². The minimum atomic E-state index is -3.16. The summed E-state index contributed by atoms with van der Waals surface area (Å²) in [6, 6.07) is 10.8. The van der Waals surface area contributed by atoms with E-state index in [1.165, 1.54) is 6.26 Å². The summed E-state index contributed by atoms with van der Waals surface area (Å²) in [6.07, 6.45) is 5.10. The maximum atomic E-state index is 11.4. The van der Waals surface area contributed by atoms with E-state index in [0.717, 1.165) is 22.5 Å². The highest BCUT2D eigenvalue weighted by Gasteiger charge is 2.09. The van der Waals surface area contributed by atoms with Gasteiger partial charge in [-0.15, -0.1) is 0 Å². The van der Waals surface area contributed by atoms with Gasteiger partial charge in [0.15, 0.2) is 9.84 Å². The largest absolute Gasteiger partial charge is 0.306 e. The smallest absolute Gasteiger partial charge is 0.175 e. The van der Waals surface area contributed by atoms with E-state index in [1.54, 1.807) is 24.3 Å². The van der Waals surface area contributed by atoms with E-state index in [9.17, 15) is 8.42 Å². The fraction of sp³-hybridized carbons (Fsp3) is 0.133. The van der Waals surface area contributed by atoms with Gasteiger partial charge in [-0.05, 0) is 30.7 Å². The van der Waals surface area contributed by atoms with E-state index >= 15 is 0 Å². The number of hydrogen-bond acceptors (Lipinski definition) is 3. The topological polar surface area (TPSA) is 51.4 Å². The number of benzene rings is 1. The van der Waals surface area contributed by atoms with E-state index < -0.39 is 9.84 Å². The number of fused-ring (bicyclic) bond motifs is 1. The molecule has 0 fully saturated rings. The van der Waals surface area contributed by atoms with Gasteiger partial charge in [-0.2, -0.15) is 0 Å². The normalized spacial score (nSPS) is 11.9. The van der Waals surface area contributed by atoms with Crippen molar-refractivity contribution in [2.75, 3.05) is 6.26 Å². The predicted molar refractivity (Wildman–Crippen MR) is 78.5 cm³/mol. The van der Waals surface area contributed by atoms with Crippen molar-refractivity contribution in [3.05, 3.63) is 54.4 Å². The third-order valence-electron chi connectivity index (χ3n) is 3.26. The Hall–Kier alpha value is -2.14. The first-order chi connectivity index (χ1) is 9.45. The van der Waals surface area contributed by atoms with Crippen LogP contribution in [0.5, 0.6) is 0 Å². The van der Waals surface area contributed by atoms with Crippen LogP contribution in [0.25, 0.3) is 16.9 Å². The lowest BCUT2D eigenvalue weighted by molar-refractivity contribution is 0.602. The number of sulfone groups is 1. The van der Waals surface area contributed by atoms with E-state index in [2.05, 4.69) is 4.98 Å². The van der Waals surface area contributed by atoms with Gasteiger partial charge in [0.2, 0.25) is 0 Å². The van der Waals surface area contributed by atoms with Crippen molar-refractivity contribution in [2.24, 2.45) is 0 Å². The quantitative estimate of drug-likeness (QED) is 0.728. The average Bonchev–Trinajstić information content (AvgIpc) is 2.83. The Labute approximate surface area is 117 Å². The average molecular weight is 286 g/mol. The zero-order valence-electron chi connectivity index (χ0n) is 11.2. The van der Waals surface area contributed by atoms with Crippen molar-refractivity contribution in [3.8, 4) is 11.3 Å². The Morgan fingerprint density at radius 2 is 1.80 bits per heavy atom. The molecule has 2 aromatic heterocycles. The zero-order valence-corrected chi connectivity index (χ0v) is 12.1. The van der Waals surface area contributed by atoms with Crippen LogP contribution in [0.15, 0.2) is 53.7 Å². The highest BCUT2D eigenvalue weighted by atomic mass is 32.2. The summed E-state index contributed by atoms with van der Waals surface area (Å²) in [6.45, 7) is 2.01. The first kappa shape index (κ1) is 12.9. The minimum absolute atomic E-state index is 0.321. The molecule has 2 heterocycles. The van der Waals surface area contributed by atoms with Gasteiger partial charge in [0.05, 0.1) is 10.6 Å². The highest BCUT2D eigenvalue weighted by molar-refractivity contribution is 7.90. The SMILES string of the molecule is Cc1cccn2cc(-c3ccc(S(C)(=O)=O)cc3)nc12. The van der Waals surface area contributed by atoms with E-state index in [-0.39, 0.29) is 0 Å². The van der Waals surface area contributed by atoms with Crippen molar-refractivity contribution < 1.29 is 8.42 Å². The van der Waals surface area contributed by atoms with Crippen molar-refractivity contribution in [1.29, 1.82) is 0 Å². The van der Waals surface area contributed by atoms with Crippen LogP contribution in [0, 0.1) is 6.92 Å². The summed E-state index contributed by atoms with van der Waals surface area (Å²) < 4.78 is 24.9. The molecule has 3 rings (SSSR count). The molecule has 0 radical (unpaired) electrons. The van der Waals surface area contributed by atoms with Crippen LogP contribution in [-0.2, 0) is 9.84 Å². The number of aryl methyl sites for hydroxylation is 1. The lowest BCUT2D eigenvalue weighted by atomic mass is 10.2. The van der Waals surface area contributed by atoms with Crippen LogP contribution in [0.1, 0.15) is 5.56 Å². The van der Waals surface area contributed by atoms with Crippen LogP contribution in [0.2, 0.25) is 0 Å². The molecule has 0 aliphatic rings. The molecule has 4 nitrogen and oxygen atoms in total. The van der Waals surface area contributed by atoms with Crippen molar-refractivity contribution in [1.82, 2.24) is 9.38 Å². The summed E-state index contributed by atoms with van der Waals surface area (Å²) in [7, 11) is -3.16. The monoisotopic (exact) mass is 286 g/mol. The van der Waals surface area contributed by atoms with E-state index in [1.807, 2.05) is 35.9 Å². The molecule has 0 atom stereocenters. The number of imidazole rings is 1. The Kier molecular flexibility index (Phi) is 2.87. The molecular weight excluding hydrogens is 272 g/mol. The fourth-order valence-corrected chi connectivity index (χ4v) is 2.80. The van der Waals surface area contributed by atoms with Gasteiger partial charge in [0.1, 0.15) is 5.65 Å². The molecule has 20 heavy (non-hydrogen) atoms. The molecule has 0 N–H and O–H groups in total. The number of hydrogen-bond donors (Lipinski definition) is 0. The van der Waals surface area contributed by atoms with Crippen molar-refractivity contribution in [2.45, 2.75) is 11.8 Å².